The van der Waals surface area contributed by atoms with Crippen molar-refractivity contribution in [2.75, 3.05) is 19.6 Å². The van der Waals surface area contributed by atoms with Crippen LogP contribution in [-0.2, 0) is 19.1 Å². The lowest BCUT2D eigenvalue weighted by molar-refractivity contribution is -0.137. The van der Waals surface area contributed by atoms with Gasteiger partial charge in [-0.05, 0) is 61.1 Å². The molecule has 3 aromatic carbocycles. The second-order valence-electron chi connectivity index (χ2n) is 10.5. The molecule has 0 saturated carbocycles. The Labute approximate surface area is 245 Å². The summed E-state index contributed by atoms with van der Waals surface area (Å²) in [5.41, 5.74) is 2.05. The van der Waals surface area contributed by atoms with Gasteiger partial charge in [-0.2, -0.15) is 13.2 Å². The molecule has 3 aromatic rings. The second-order valence-corrected chi connectivity index (χ2v) is 10.5. The van der Waals surface area contributed by atoms with Crippen LogP contribution >= 0.6 is 0 Å². The smallest absolute Gasteiger partial charge is 0.390 e. The second kappa shape index (κ2) is 15.5. The van der Waals surface area contributed by atoms with Crippen LogP contribution in [0.1, 0.15) is 69.7 Å². The molecule has 0 bridgehead atoms. The maximum Gasteiger partial charge on any atom is 0.416 e. The Morgan fingerprint density at radius 2 is 1.57 bits per heavy atom. The third-order valence-electron chi connectivity index (χ3n) is 7.02. The average Bonchev–Trinajstić information content (AvgIpc) is 2.96. The fourth-order valence-corrected chi connectivity index (χ4v) is 4.80. The van der Waals surface area contributed by atoms with E-state index in [-0.39, 0.29) is 19.0 Å². The number of rotatable bonds is 14. The number of alkyl halides is 3. The van der Waals surface area contributed by atoms with Gasteiger partial charge < -0.3 is 20.6 Å². The number of nitrogens with zero attached hydrogens (tertiary/aromatic N) is 1. The molecular weight excluding hydrogens is 543 g/mol. The van der Waals surface area contributed by atoms with Crippen LogP contribution in [-0.4, -0.2) is 53.6 Å². The molecule has 0 fully saturated rings. The third-order valence-corrected chi connectivity index (χ3v) is 7.02. The van der Waals surface area contributed by atoms with E-state index in [1.807, 2.05) is 44.2 Å². The summed E-state index contributed by atoms with van der Waals surface area (Å²) >= 11 is 0. The van der Waals surface area contributed by atoms with Crippen molar-refractivity contribution in [1.82, 2.24) is 15.5 Å². The zero-order chi connectivity index (χ0) is 30.7. The average molecular weight is 584 g/mol. The van der Waals surface area contributed by atoms with Crippen molar-refractivity contribution in [3.8, 4) is 0 Å². The summed E-state index contributed by atoms with van der Waals surface area (Å²) in [5.74, 6) is -0.551. The summed E-state index contributed by atoms with van der Waals surface area (Å²) in [4.78, 5) is 28.5. The lowest BCUT2D eigenvalue weighted by Gasteiger charge is -2.26. The summed E-state index contributed by atoms with van der Waals surface area (Å²) in [7, 11) is 0. The van der Waals surface area contributed by atoms with Gasteiger partial charge in [0.2, 0.25) is 0 Å². The Balaban J connectivity index is 1.76. The summed E-state index contributed by atoms with van der Waals surface area (Å²) in [5, 5.41) is 17.1. The van der Waals surface area contributed by atoms with E-state index in [0.29, 0.717) is 41.8 Å². The number of carbonyl (C=O) groups is 2. The zero-order valence-corrected chi connectivity index (χ0v) is 24.4. The highest BCUT2D eigenvalue weighted by molar-refractivity contribution is 6.00. The first-order valence-electron chi connectivity index (χ1n) is 14.3. The number of hydrogen-bond donors (Lipinski definition) is 3. The predicted octanol–water partition coefficient (Wildman–Crippen LogP) is 5.77. The van der Waals surface area contributed by atoms with Gasteiger partial charge in [-0.25, -0.2) is 0 Å². The Morgan fingerprint density at radius 1 is 0.905 bits per heavy atom. The Hall–Kier alpha value is -3.69. The van der Waals surface area contributed by atoms with E-state index >= 15 is 0 Å². The fourth-order valence-electron chi connectivity index (χ4n) is 4.80. The van der Waals surface area contributed by atoms with Crippen molar-refractivity contribution in [1.29, 1.82) is 0 Å². The number of benzene rings is 3. The first-order valence-corrected chi connectivity index (χ1v) is 14.3. The molecule has 9 heteroatoms. The molecule has 0 saturated heterocycles. The number of amides is 2. The Morgan fingerprint density at radius 3 is 2.21 bits per heavy atom. The number of aliphatic hydroxyl groups is 1. The molecule has 3 N–H and O–H groups in total. The number of nitrogens with one attached hydrogen (secondary N) is 2. The molecule has 0 aromatic heterocycles. The van der Waals surface area contributed by atoms with Crippen LogP contribution in [0.3, 0.4) is 0 Å². The lowest BCUT2D eigenvalue weighted by atomic mass is 9.99. The van der Waals surface area contributed by atoms with Crippen molar-refractivity contribution in [3.05, 3.63) is 106 Å². The SMILES string of the molecule is CCCN(CCC)C(=O)c1ccc(C)c(C(=O)N[C@@H](Cc2ccccc2)[C@H](O)CNCc2cccc(C(F)(F)F)c2)c1. The van der Waals surface area contributed by atoms with Crippen molar-refractivity contribution in [3.63, 3.8) is 0 Å². The van der Waals surface area contributed by atoms with E-state index in [1.165, 1.54) is 6.07 Å². The highest BCUT2D eigenvalue weighted by atomic mass is 19.4. The molecule has 6 nitrogen and oxygen atoms in total. The predicted molar refractivity (Wildman–Crippen MR) is 158 cm³/mol. The number of aliphatic hydroxyl groups excluding tert-OH is 1. The van der Waals surface area contributed by atoms with Gasteiger partial charge >= 0.3 is 6.18 Å². The molecule has 226 valence electrons. The standard InChI is InChI=1S/C33H40F3N3O3/c1-4-16-39(17-5-2)32(42)26-15-14-23(3)28(20-26)31(41)38-29(19-24-10-7-6-8-11-24)30(40)22-37-21-25-12-9-13-27(18-25)33(34,35)36/h6-15,18,20,29-30,37,40H,4-5,16-17,19,21-22H2,1-3H3,(H,38,41)/t29-,30+/m0/s1. The minimum atomic E-state index is -4.44. The van der Waals surface area contributed by atoms with E-state index in [1.54, 1.807) is 36.1 Å². The summed E-state index contributed by atoms with van der Waals surface area (Å²) < 4.78 is 39.2. The molecule has 0 radical (unpaired) electrons. The van der Waals surface area contributed by atoms with Gasteiger partial charge in [0.15, 0.2) is 0 Å². The number of aryl methyl sites for hydroxylation is 1. The minimum absolute atomic E-state index is 0.0362. The molecule has 42 heavy (non-hydrogen) atoms. The Bertz CT molecular complexity index is 1310. The normalized spacial score (nSPS) is 12.9. The zero-order valence-electron chi connectivity index (χ0n) is 24.4. The van der Waals surface area contributed by atoms with Crippen LogP contribution in [0.25, 0.3) is 0 Å². The molecule has 2 atom stereocenters. The van der Waals surface area contributed by atoms with Gasteiger partial charge in [0.25, 0.3) is 11.8 Å². The lowest BCUT2D eigenvalue weighted by Crippen LogP contribution is -2.48. The van der Waals surface area contributed by atoms with Gasteiger partial charge in [0.05, 0.1) is 17.7 Å². The topological polar surface area (TPSA) is 81.7 Å². The first kappa shape index (κ1) is 32.8. The van der Waals surface area contributed by atoms with Crippen molar-refractivity contribution in [2.45, 2.75) is 64.9 Å². The van der Waals surface area contributed by atoms with Crippen molar-refractivity contribution < 1.29 is 27.9 Å². The van der Waals surface area contributed by atoms with Crippen LogP contribution in [0.2, 0.25) is 0 Å². The van der Waals surface area contributed by atoms with E-state index in [9.17, 15) is 27.9 Å². The molecule has 3 rings (SSSR count). The summed E-state index contributed by atoms with van der Waals surface area (Å²) in [6.07, 6.45) is -3.50. The maximum absolute atomic E-state index is 13.5. The molecule has 0 aliphatic heterocycles. The molecule has 0 spiro atoms. The van der Waals surface area contributed by atoms with Gasteiger partial charge in [-0.1, -0.05) is 68.4 Å². The number of halogens is 3. The number of hydrogen-bond acceptors (Lipinski definition) is 4. The Kier molecular flexibility index (Phi) is 12.1. The summed E-state index contributed by atoms with van der Waals surface area (Å²) in [6, 6.07) is 18.8. The van der Waals surface area contributed by atoms with Crippen LogP contribution in [0.15, 0.2) is 72.8 Å². The maximum atomic E-state index is 13.5. The van der Waals surface area contributed by atoms with Gasteiger partial charge in [0.1, 0.15) is 0 Å². The summed E-state index contributed by atoms with van der Waals surface area (Å²) in [6.45, 7) is 7.21. The highest BCUT2D eigenvalue weighted by Gasteiger charge is 2.30. The van der Waals surface area contributed by atoms with E-state index in [4.69, 9.17) is 0 Å². The van der Waals surface area contributed by atoms with E-state index < -0.39 is 29.8 Å². The molecule has 0 aliphatic carbocycles. The van der Waals surface area contributed by atoms with Gasteiger partial charge in [-0.15, -0.1) is 0 Å². The van der Waals surface area contributed by atoms with Gasteiger partial charge in [0, 0.05) is 37.3 Å². The minimum Gasteiger partial charge on any atom is -0.390 e. The van der Waals surface area contributed by atoms with Crippen LogP contribution in [0.4, 0.5) is 13.2 Å². The third kappa shape index (κ3) is 9.42. The monoisotopic (exact) mass is 583 g/mol. The molecule has 0 heterocycles. The van der Waals surface area contributed by atoms with Crippen molar-refractivity contribution in [2.24, 2.45) is 0 Å². The molecule has 0 aliphatic rings. The van der Waals surface area contributed by atoms with E-state index in [0.717, 1.165) is 30.5 Å². The molecule has 0 unspecified atom stereocenters. The van der Waals surface area contributed by atoms with E-state index in [2.05, 4.69) is 10.6 Å². The first-order chi connectivity index (χ1) is 20.0. The largest absolute Gasteiger partial charge is 0.416 e. The highest BCUT2D eigenvalue weighted by Crippen LogP contribution is 2.29. The van der Waals surface area contributed by atoms with Crippen molar-refractivity contribution >= 4 is 11.8 Å². The number of carbonyl (C=O) groups excluding carboxylic acids is 2. The van der Waals surface area contributed by atoms with Crippen LogP contribution in [0.5, 0.6) is 0 Å². The molecular formula is C33H40F3N3O3. The quantitative estimate of drug-likeness (QED) is 0.225. The molecule has 2 amide bonds. The van der Waals surface area contributed by atoms with Crippen LogP contribution in [0, 0.1) is 6.92 Å². The van der Waals surface area contributed by atoms with Crippen LogP contribution < -0.4 is 10.6 Å². The van der Waals surface area contributed by atoms with Gasteiger partial charge in [-0.3, -0.25) is 9.59 Å². The fraction of sp³-hybridized carbons (Fsp3) is 0.394.